The molecule has 0 radical (unpaired) electrons. The number of ether oxygens (including phenoxy) is 1. The van der Waals surface area contributed by atoms with Crippen LogP contribution in [0.2, 0.25) is 5.02 Å². The van der Waals surface area contributed by atoms with Gasteiger partial charge < -0.3 is 20.6 Å². The van der Waals surface area contributed by atoms with Crippen LogP contribution in [0, 0.1) is 0 Å². The van der Waals surface area contributed by atoms with E-state index in [9.17, 15) is 4.79 Å². The summed E-state index contributed by atoms with van der Waals surface area (Å²) in [5.41, 5.74) is 5.65. The summed E-state index contributed by atoms with van der Waals surface area (Å²) in [5, 5.41) is 12.4. The first-order valence-corrected chi connectivity index (χ1v) is 7.15. The van der Waals surface area contributed by atoms with E-state index in [1.807, 2.05) is 0 Å². The molecule has 0 bridgehead atoms. The number of rotatable bonds is 4. The molecule has 1 fully saturated rings. The maximum absolute atomic E-state index is 12.3. The van der Waals surface area contributed by atoms with Gasteiger partial charge in [0.1, 0.15) is 5.75 Å². The molecule has 1 aromatic rings. The van der Waals surface area contributed by atoms with Crippen molar-refractivity contribution in [1.82, 2.24) is 4.90 Å². The lowest BCUT2D eigenvalue weighted by atomic mass is 10.0. The molecule has 1 aromatic carbocycles. The van der Waals surface area contributed by atoms with Gasteiger partial charge in [-0.1, -0.05) is 22.8 Å². The summed E-state index contributed by atoms with van der Waals surface area (Å²) in [6.07, 6.45) is 2.54. The molecule has 1 heterocycles. The maximum atomic E-state index is 12.3. The lowest BCUT2D eigenvalue weighted by Crippen LogP contribution is -2.51. The van der Waals surface area contributed by atoms with Crippen molar-refractivity contribution in [2.45, 2.75) is 25.3 Å². The van der Waals surface area contributed by atoms with Crippen molar-refractivity contribution in [2.75, 3.05) is 13.2 Å². The lowest BCUT2D eigenvalue weighted by molar-refractivity contribution is -0.135. The van der Waals surface area contributed by atoms with E-state index in [2.05, 4.69) is 5.16 Å². The average Bonchev–Trinajstić information content (AvgIpc) is 2.52. The Kier molecular flexibility index (Phi) is 5.27. The van der Waals surface area contributed by atoms with Crippen LogP contribution in [0.15, 0.2) is 29.4 Å². The molecule has 0 saturated carbocycles. The minimum atomic E-state index is -0.362. The Hall–Kier alpha value is -1.95. The molecular weight excluding hydrogens is 294 g/mol. The molecule has 1 aliphatic heterocycles. The number of carbonyl (C=O) groups is 1. The normalized spacial score (nSPS) is 19.4. The first-order valence-electron chi connectivity index (χ1n) is 6.77. The minimum absolute atomic E-state index is 0.0609. The van der Waals surface area contributed by atoms with Gasteiger partial charge in [-0.2, -0.15) is 0 Å². The third kappa shape index (κ3) is 4.01. The van der Waals surface area contributed by atoms with Gasteiger partial charge in [-0.15, -0.1) is 0 Å². The Balaban J connectivity index is 1.98. The average molecular weight is 312 g/mol. The quantitative estimate of drug-likeness (QED) is 0.384. The smallest absolute Gasteiger partial charge is 0.261 e. The minimum Gasteiger partial charge on any atom is -0.484 e. The molecule has 0 spiro atoms. The summed E-state index contributed by atoms with van der Waals surface area (Å²) in [7, 11) is 0. The molecule has 21 heavy (non-hydrogen) atoms. The van der Waals surface area contributed by atoms with E-state index < -0.39 is 0 Å². The van der Waals surface area contributed by atoms with Crippen LogP contribution in [0.3, 0.4) is 0 Å². The first kappa shape index (κ1) is 15.4. The zero-order valence-corrected chi connectivity index (χ0v) is 12.3. The van der Waals surface area contributed by atoms with Gasteiger partial charge in [0.15, 0.2) is 12.4 Å². The highest BCUT2D eigenvalue weighted by Crippen LogP contribution is 2.19. The van der Waals surface area contributed by atoms with E-state index in [-0.39, 0.29) is 24.4 Å². The second-order valence-electron chi connectivity index (χ2n) is 4.87. The highest BCUT2D eigenvalue weighted by Gasteiger charge is 2.29. The third-order valence-corrected chi connectivity index (χ3v) is 3.67. The number of amides is 1. The van der Waals surface area contributed by atoms with Crippen molar-refractivity contribution in [3.05, 3.63) is 29.3 Å². The van der Waals surface area contributed by atoms with Gasteiger partial charge in [0.2, 0.25) is 0 Å². The SMILES string of the molecule is NC(=NO)C1CCCCN1C(=O)COc1cccc(Cl)c1. The summed E-state index contributed by atoms with van der Waals surface area (Å²) < 4.78 is 5.44. The van der Waals surface area contributed by atoms with E-state index in [0.29, 0.717) is 23.7 Å². The van der Waals surface area contributed by atoms with Crippen LogP contribution in [0.1, 0.15) is 19.3 Å². The van der Waals surface area contributed by atoms with Crippen molar-refractivity contribution in [3.63, 3.8) is 0 Å². The lowest BCUT2D eigenvalue weighted by Gasteiger charge is -2.34. The molecule has 6 nitrogen and oxygen atoms in total. The predicted octanol–water partition coefficient (Wildman–Crippen LogP) is 1.85. The third-order valence-electron chi connectivity index (χ3n) is 3.44. The van der Waals surface area contributed by atoms with Gasteiger partial charge in [0, 0.05) is 11.6 Å². The summed E-state index contributed by atoms with van der Waals surface area (Å²) in [6, 6.07) is 6.50. The Labute approximate surface area is 128 Å². The van der Waals surface area contributed by atoms with Crippen molar-refractivity contribution in [3.8, 4) is 5.75 Å². The maximum Gasteiger partial charge on any atom is 0.261 e. The van der Waals surface area contributed by atoms with Gasteiger partial charge >= 0.3 is 0 Å². The summed E-state index contributed by atoms with van der Waals surface area (Å²) >= 11 is 5.86. The number of hydrogen-bond acceptors (Lipinski definition) is 4. The highest BCUT2D eigenvalue weighted by molar-refractivity contribution is 6.30. The Morgan fingerprint density at radius 1 is 1.52 bits per heavy atom. The van der Waals surface area contributed by atoms with Gasteiger partial charge in [-0.25, -0.2) is 0 Å². The van der Waals surface area contributed by atoms with E-state index in [4.69, 9.17) is 27.3 Å². The molecule has 0 aliphatic carbocycles. The fourth-order valence-corrected chi connectivity index (χ4v) is 2.57. The number of oxime groups is 1. The molecule has 2 rings (SSSR count). The molecular formula is C14H18ClN3O3. The number of nitrogens with two attached hydrogens (primary N) is 1. The van der Waals surface area contributed by atoms with Crippen molar-refractivity contribution in [2.24, 2.45) is 10.9 Å². The number of nitrogens with zero attached hydrogens (tertiary/aromatic N) is 2. The van der Waals surface area contributed by atoms with E-state index in [0.717, 1.165) is 12.8 Å². The number of halogens is 1. The van der Waals surface area contributed by atoms with Gasteiger partial charge in [0.05, 0.1) is 6.04 Å². The molecule has 7 heteroatoms. The molecule has 114 valence electrons. The summed E-state index contributed by atoms with van der Waals surface area (Å²) in [5.74, 6) is 0.408. The van der Waals surface area contributed by atoms with Crippen LogP contribution >= 0.6 is 11.6 Å². The molecule has 3 N–H and O–H groups in total. The van der Waals surface area contributed by atoms with Crippen LogP contribution in [0.5, 0.6) is 5.75 Å². The summed E-state index contributed by atoms with van der Waals surface area (Å²) in [6.45, 7) is 0.480. The monoisotopic (exact) mass is 311 g/mol. The fourth-order valence-electron chi connectivity index (χ4n) is 2.39. The molecule has 1 saturated heterocycles. The predicted molar refractivity (Wildman–Crippen MR) is 79.7 cm³/mol. The first-order chi connectivity index (χ1) is 10.1. The summed E-state index contributed by atoms with van der Waals surface area (Å²) in [4.78, 5) is 13.9. The largest absolute Gasteiger partial charge is 0.484 e. The van der Waals surface area contributed by atoms with Crippen LogP contribution < -0.4 is 10.5 Å². The number of piperidine rings is 1. The molecule has 1 atom stereocenters. The van der Waals surface area contributed by atoms with Crippen LogP contribution in [-0.4, -0.2) is 41.0 Å². The second-order valence-corrected chi connectivity index (χ2v) is 5.31. The fraction of sp³-hybridized carbons (Fsp3) is 0.429. The van der Waals surface area contributed by atoms with E-state index >= 15 is 0 Å². The zero-order chi connectivity index (χ0) is 15.2. The molecule has 0 aromatic heterocycles. The Bertz CT molecular complexity index is 536. The zero-order valence-electron chi connectivity index (χ0n) is 11.5. The standard InChI is InChI=1S/C14H18ClN3O3/c15-10-4-3-5-11(8-10)21-9-13(19)18-7-2-1-6-12(18)14(16)17-20/h3-5,8,12,20H,1-2,6-7,9H2,(H2,16,17). The Morgan fingerprint density at radius 3 is 3.05 bits per heavy atom. The number of carbonyl (C=O) groups excluding carboxylic acids is 1. The topological polar surface area (TPSA) is 88.2 Å². The highest BCUT2D eigenvalue weighted by atomic mass is 35.5. The van der Waals surface area contributed by atoms with Gasteiger partial charge in [-0.3, -0.25) is 4.79 Å². The number of benzene rings is 1. The van der Waals surface area contributed by atoms with Gasteiger partial charge in [0.25, 0.3) is 5.91 Å². The van der Waals surface area contributed by atoms with Crippen molar-refractivity contribution in [1.29, 1.82) is 0 Å². The van der Waals surface area contributed by atoms with Gasteiger partial charge in [-0.05, 0) is 37.5 Å². The Morgan fingerprint density at radius 2 is 2.33 bits per heavy atom. The van der Waals surface area contributed by atoms with Crippen LogP contribution in [0.4, 0.5) is 0 Å². The number of likely N-dealkylation sites (tertiary alicyclic amines) is 1. The molecule has 1 aliphatic rings. The number of amidine groups is 1. The molecule has 1 unspecified atom stereocenters. The van der Waals surface area contributed by atoms with Crippen molar-refractivity contribution >= 4 is 23.3 Å². The van der Waals surface area contributed by atoms with Crippen LogP contribution in [-0.2, 0) is 4.79 Å². The molecule has 1 amide bonds. The van der Waals surface area contributed by atoms with Crippen LogP contribution in [0.25, 0.3) is 0 Å². The second kappa shape index (κ2) is 7.17. The van der Waals surface area contributed by atoms with Crippen molar-refractivity contribution < 1.29 is 14.7 Å². The van der Waals surface area contributed by atoms with E-state index in [1.165, 1.54) is 0 Å². The number of hydrogen-bond donors (Lipinski definition) is 2. The van der Waals surface area contributed by atoms with E-state index in [1.54, 1.807) is 29.2 Å².